The second-order valence-electron chi connectivity index (χ2n) is 5.62. The molecule has 0 aliphatic carbocycles. The van der Waals surface area contributed by atoms with Gasteiger partial charge >= 0.3 is 5.97 Å². The van der Waals surface area contributed by atoms with Gasteiger partial charge in [-0.1, -0.05) is 29.8 Å². The van der Waals surface area contributed by atoms with Crippen molar-refractivity contribution in [3.8, 4) is 0 Å². The molecule has 4 nitrogen and oxygen atoms in total. The van der Waals surface area contributed by atoms with E-state index >= 15 is 0 Å². The van der Waals surface area contributed by atoms with Crippen LogP contribution in [0.25, 0.3) is 17.0 Å². The van der Waals surface area contributed by atoms with Crippen LogP contribution in [-0.2, 0) is 22.8 Å². The molecule has 0 saturated carbocycles. The molecule has 26 heavy (non-hydrogen) atoms. The molecule has 0 amide bonds. The normalized spacial score (nSPS) is 11.4. The van der Waals surface area contributed by atoms with Gasteiger partial charge in [-0.2, -0.15) is 5.10 Å². The van der Waals surface area contributed by atoms with Gasteiger partial charge in [0.2, 0.25) is 0 Å². The van der Waals surface area contributed by atoms with Crippen LogP contribution in [0.1, 0.15) is 16.8 Å². The van der Waals surface area contributed by atoms with E-state index in [4.69, 9.17) is 11.6 Å². The van der Waals surface area contributed by atoms with Crippen LogP contribution in [0, 0.1) is 5.82 Å². The van der Waals surface area contributed by atoms with Gasteiger partial charge in [0.1, 0.15) is 12.5 Å². The number of hydrogen-bond donors (Lipinski definition) is 0. The predicted molar refractivity (Wildman–Crippen MR) is 96.1 cm³/mol. The number of halogens is 3. The van der Waals surface area contributed by atoms with Gasteiger partial charge < -0.3 is 4.74 Å². The standard InChI is InChI=1S/C19H15ClF2N2O2/c1-26-19(25)7-6-17-15-5-2-12(10-21)8-18(15)24(23-17)11-13-3-4-14(22)9-16(13)20/h2-9H,10-11H2,1H3. The number of carbonyl (C=O) groups excluding carboxylic acids is 1. The third-order valence-electron chi connectivity index (χ3n) is 3.91. The lowest BCUT2D eigenvalue weighted by molar-refractivity contribution is -0.134. The Balaban J connectivity index is 2.08. The summed E-state index contributed by atoms with van der Waals surface area (Å²) in [5.74, 6) is -0.930. The van der Waals surface area contributed by atoms with Gasteiger partial charge in [-0.15, -0.1) is 0 Å². The van der Waals surface area contributed by atoms with E-state index < -0.39 is 18.5 Å². The van der Waals surface area contributed by atoms with E-state index in [1.54, 1.807) is 28.9 Å². The minimum absolute atomic E-state index is 0.275. The molecule has 0 fully saturated rings. The third kappa shape index (κ3) is 3.75. The predicted octanol–water partition coefficient (Wildman–Crippen LogP) is 4.53. The SMILES string of the molecule is COC(=O)C=Cc1nn(Cc2ccc(F)cc2Cl)c2cc(CF)ccc12. The highest BCUT2D eigenvalue weighted by atomic mass is 35.5. The van der Waals surface area contributed by atoms with Crippen LogP contribution < -0.4 is 0 Å². The maximum Gasteiger partial charge on any atom is 0.330 e. The molecule has 0 atom stereocenters. The molecule has 3 aromatic rings. The summed E-state index contributed by atoms with van der Waals surface area (Å²) in [6.07, 6.45) is 2.80. The molecule has 7 heteroatoms. The quantitative estimate of drug-likeness (QED) is 0.485. The first-order chi connectivity index (χ1) is 12.5. The molecule has 0 N–H and O–H groups in total. The molecule has 0 unspecified atom stereocenters. The third-order valence-corrected chi connectivity index (χ3v) is 4.26. The van der Waals surface area contributed by atoms with Crippen molar-refractivity contribution >= 4 is 34.5 Å². The number of hydrogen-bond acceptors (Lipinski definition) is 3. The number of methoxy groups -OCH3 is 1. The molecule has 0 saturated heterocycles. The lowest BCUT2D eigenvalue weighted by Crippen LogP contribution is -2.03. The fourth-order valence-corrected chi connectivity index (χ4v) is 2.83. The first-order valence-electron chi connectivity index (χ1n) is 7.77. The van der Waals surface area contributed by atoms with E-state index in [1.807, 2.05) is 0 Å². The Kier molecular flexibility index (Phi) is 5.32. The highest BCUT2D eigenvalue weighted by Crippen LogP contribution is 2.25. The van der Waals surface area contributed by atoms with Gasteiger partial charge in [0, 0.05) is 16.5 Å². The summed E-state index contributed by atoms with van der Waals surface area (Å²) in [5.41, 5.74) is 2.40. The monoisotopic (exact) mass is 376 g/mol. The van der Waals surface area contributed by atoms with Crippen molar-refractivity contribution in [3.63, 3.8) is 0 Å². The Morgan fingerprint density at radius 3 is 2.81 bits per heavy atom. The molecule has 3 rings (SSSR count). The van der Waals surface area contributed by atoms with Crippen LogP contribution in [-0.4, -0.2) is 22.9 Å². The van der Waals surface area contributed by atoms with Gasteiger partial charge in [-0.3, -0.25) is 4.68 Å². The Labute approximate surface area is 153 Å². The van der Waals surface area contributed by atoms with Crippen LogP contribution in [0.5, 0.6) is 0 Å². The Morgan fingerprint density at radius 1 is 1.31 bits per heavy atom. The van der Waals surface area contributed by atoms with Crippen molar-refractivity contribution in [2.24, 2.45) is 0 Å². The van der Waals surface area contributed by atoms with Crippen molar-refractivity contribution in [2.45, 2.75) is 13.2 Å². The van der Waals surface area contributed by atoms with Crippen molar-refractivity contribution in [1.82, 2.24) is 9.78 Å². The van der Waals surface area contributed by atoms with Crippen LogP contribution in [0.2, 0.25) is 5.02 Å². The number of aromatic nitrogens is 2. The molecule has 1 heterocycles. The highest BCUT2D eigenvalue weighted by Gasteiger charge is 2.12. The molecule has 0 radical (unpaired) electrons. The average molecular weight is 377 g/mol. The van der Waals surface area contributed by atoms with Gasteiger partial charge in [-0.25, -0.2) is 13.6 Å². The number of alkyl halides is 1. The Hall–Kier alpha value is -2.73. The largest absolute Gasteiger partial charge is 0.466 e. The number of esters is 1. The van der Waals surface area contributed by atoms with Crippen molar-refractivity contribution in [1.29, 1.82) is 0 Å². The van der Waals surface area contributed by atoms with Crippen molar-refractivity contribution in [3.05, 3.63) is 70.1 Å². The van der Waals surface area contributed by atoms with Crippen molar-refractivity contribution in [2.75, 3.05) is 7.11 Å². The molecule has 2 aromatic carbocycles. The molecular weight excluding hydrogens is 362 g/mol. The number of ether oxygens (including phenoxy) is 1. The molecule has 0 spiro atoms. The summed E-state index contributed by atoms with van der Waals surface area (Å²) >= 11 is 6.10. The van der Waals surface area contributed by atoms with Gasteiger partial charge in [0.15, 0.2) is 0 Å². The van der Waals surface area contributed by atoms with E-state index in [9.17, 15) is 13.6 Å². The van der Waals surface area contributed by atoms with E-state index in [1.165, 1.54) is 31.4 Å². The zero-order valence-corrected chi connectivity index (χ0v) is 14.6. The first-order valence-corrected chi connectivity index (χ1v) is 8.15. The number of nitrogens with zero attached hydrogens (tertiary/aromatic N) is 2. The molecule has 0 aliphatic rings. The van der Waals surface area contributed by atoms with E-state index in [0.717, 1.165) is 5.39 Å². The molecule has 1 aromatic heterocycles. The van der Waals surface area contributed by atoms with Crippen LogP contribution >= 0.6 is 11.6 Å². The van der Waals surface area contributed by atoms with Crippen molar-refractivity contribution < 1.29 is 18.3 Å². The van der Waals surface area contributed by atoms with Crippen LogP contribution in [0.4, 0.5) is 8.78 Å². The van der Waals surface area contributed by atoms with E-state index in [0.29, 0.717) is 22.3 Å². The minimum Gasteiger partial charge on any atom is -0.466 e. The minimum atomic E-state index is -0.605. The summed E-state index contributed by atoms with van der Waals surface area (Å²) in [6.45, 7) is -0.330. The van der Waals surface area contributed by atoms with E-state index in [2.05, 4.69) is 9.84 Å². The fraction of sp³-hybridized carbons (Fsp3) is 0.158. The highest BCUT2D eigenvalue weighted by molar-refractivity contribution is 6.31. The second kappa shape index (κ2) is 7.66. The van der Waals surface area contributed by atoms with Gasteiger partial charge in [0.05, 0.1) is 24.9 Å². The lowest BCUT2D eigenvalue weighted by Gasteiger charge is -2.07. The van der Waals surface area contributed by atoms with Gasteiger partial charge in [0.25, 0.3) is 0 Å². The zero-order valence-electron chi connectivity index (χ0n) is 13.9. The first kappa shape index (κ1) is 18.1. The van der Waals surface area contributed by atoms with Gasteiger partial charge in [-0.05, 0) is 35.4 Å². The topological polar surface area (TPSA) is 44.1 Å². The average Bonchev–Trinajstić information content (AvgIpc) is 2.98. The summed E-state index contributed by atoms with van der Waals surface area (Å²) < 4.78 is 32.5. The van der Waals surface area contributed by atoms with Crippen LogP contribution in [0.15, 0.2) is 42.5 Å². The maximum atomic E-state index is 13.3. The summed E-state index contributed by atoms with van der Waals surface area (Å²) in [6, 6.07) is 9.22. The summed E-state index contributed by atoms with van der Waals surface area (Å²) in [5, 5.41) is 5.51. The zero-order chi connectivity index (χ0) is 18.7. The molecule has 0 bridgehead atoms. The molecular formula is C19H15ClF2N2O2. The maximum absolute atomic E-state index is 13.3. The summed E-state index contributed by atoms with van der Waals surface area (Å²) in [7, 11) is 1.29. The number of carbonyl (C=O) groups is 1. The Morgan fingerprint density at radius 2 is 2.12 bits per heavy atom. The Bertz CT molecular complexity index is 999. The van der Waals surface area contributed by atoms with E-state index in [-0.39, 0.29) is 11.6 Å². The molecule has 0 aliphatic heterocycles. The van der Waals surface area contributed by atoms with Crippen LogP contribution in [0.3, 0.4) is 0 Å². The number of fused-ring (bicyclic) bond motifs is 1. The second-order valence-corrected chi connectivity index (χ2v) is 6.03. The number of benzene rings is 2. The summed E-state index contributed by atoms with van der Waals surface area (Å²) in [4.78, 5) is 11.3. The number of rotatable bonds is 5. The fourth-order valence-electron chi connectivity index (χ4n) is 2.60. The lowest BCUT2D eigenvalue weighted by atomic mass is 10.1. The molecule has 134 valence electrons. The smallest absolute Gasteiger partial charge is 0.330 e.